The highest BCUT2D eigenvalue weighted by atomic mass is 79.9. The Morgan fingerprint density at radius 2 is 2.32 bits per heavy atom. The normalized spacial score (nSPS) is 18.9. The van der Waals surface area contributed by atoms with Gasteiger partial charge in [0.15, 0.2) is 0 Å². The summed E-state index contributed by atoms with van der Waals surface area (Å²) in [5.41, 5.74) is 2.32. The van der Waals surface area contributed by atoms with E-state index in [0.29, 0.717) is 6.61 Å². The summed E-state index contributed by atoms with van der Waals surface area (Å²) < 4.78 is 8.11. The van der Waals surface area contributed by atoms with Crippen molar-refractivity contribution in [1.82, 2.24) is 14.5 Å². The Balaban J connectivity index is 2.18. The minimum Gasteiger partial charge on any atom is -0.358 e. The monoisotopic (exact) mass is 319 g/mol. The van der Waals surface area contributed by atoms with E-state index in [1.54, 1.807) is 10.8 Å². The van der Waals surface area contributed by atoms with E-state index < -0.39 is 0 Å². The molecule has 0 aliphatic carbocycles. The zero-order valence-corrected chi connectivity index (χ0v) is 11.5. The van der Waals surface area contributed by atoms with Crippen LogP contribution in [0.1, 0.15) is 12.6 Å². The number of pyridine rings is 1. The van der Waals surface area contributed by atoms with Gasteiger partial charge in [0.2, 0.25) is 0 Å². The van der Waals surface area contributed by atoms with Gasteiger partial charge < -0.3 is 9.72 Å². The van der Waals surface area contributed by atoms with Crippen LogP contribution < -0.4 is 5.69 Å². The van der Waals surface area contributed by atoms with Crippen molar-refractivity contribution >= 4 is 37.9 Å². The largest absolute Gasteiger partial charge is 0.358 e. The molecule has 0 bridgehead atoms. The molecule has 1 saturated heterocycles. The molecule has 0 amide bonds. The van der Waals surface area contributed by atoms with Crippen LogP contribution in [0, 0.1) is 0 Å². The summed E-state index contributed by atoms with van der Waals surface area (Å²) in [4.78, 5) is 19.3. The molecule has 1 atom stereocenters. The number of nitrogens with zero attached hydrogens (tertiary/aromatic N) is 2. The first-order valence-electron chi connectivity index (χ1n) is 6.04. The molecule has 5 nitrogen and oxygen atoms in total. The van der Waals surface area contributed by atoms with Crippen molar-refractivity contribution in [3.63, 3.8) is 0 Å². The molecule has 1 aliphatic heterocycles. The minimum atomic E-state index is -0.161. The van der Waals surface area contributed by atoms with Gasteiger partial charge >= 0.3 is 5.69 Å². The summed E-state index contributed by atoms with van der Waals surface area (Å²) in [6.07, 6.45) is 2.40. The van der Waals surface area contributed by atoms with Crippen molar-refractivity contribution in [2.75, 3.05) is 6.61 Å². The molecule has 4 rings (SSSR count). The van der Waals surface area contributed by atoms with E-state index in [-0.39, 0.29) is 11.9 Å². The lowest BCUT2D eigenvalue weighted by atomic mass is 10.2. The number of nitrogens with one attached hydrogen (secondary N) is 1. The van der Waals surface area contributed by atoms with Gasteiger partial charge in [-0.2, -0.15) is 0 Å². The van der Waals surface area contributed by atoms with Crippen LogP contribution in [0.25, 0.3) is 21.9 Å². The number of imidazole rings is 1. The number of H-pyrrole nitrogens is 1. The van der Waals surface area contributed by atoms with Crippen LogP contribution in [-0.4, -0.2) is 21.1 Å². The van der Waals surface area contributed by atoms with Crippen molar-refractivity contribution in [3.05, 3.63) is 39.4 Å². The number of rotatable bonds is 1. The van der Waals surface area contributed by atoms with Gasteiger partial charge in [-0.05, 0) is 18.2 Å². The van der Waals surface area contributed by atoms with E-state index in [9.17, 15) is 4.79 Å². The summed E-state index contributed by atoms with van der Waals surface area (Å²) in [6, 6.07) is 5.85. The van der Waals surface area contributed by atoms with E-state index in [1.165, 1.54) is 0 Å². The summed E-state index contributed by atoms with van der Waals surface area (Å²) in [6.45, 7) is 0.705. The Morgan fingerprint density at radius 3 is 3.05 bits per heavy atom. The summed E-state index contributed by atoms with van der Waals surface area (Å²) >= 11 is 3.46. The van der Waals surface area contributed by atoms with Crippen LogP contribution in [0.2, 0.25) is 0 Å². The second-order valence-electron chi connectivity index (χ2n) is 4.60. The molecule has 3 aromatic rings. The van der Waals surface area contributed by atoms with Crippen LogP contribution in [-0.2, 0) is 4.74 Å². The molecule has 1 aliphatic rings. The smallest absolute Gasteiger partial charge is 0.328 e. The molecule has 96 valence electrons. The number of ether oxygens (including phenoxy) is 1. The third-order valence-electron chi connectivity index (χ3n) is 3.47. The molecule has 0 saturated carbocycles. The predicted octanol–water partition coefficient (Wildman–Crippen LogP) is 2.56. The highest BCUT2D eigenvalue weighted by Gasteiger charge is 2.25. The van der Waals surface area contributed by atoms with Gasteiger partial charge in [0.05, 0.1) is 29.4 Å². The number of hydrogen-bond acceptors (Lipinski definition) is 3. The lowest BCUT2D eigenvalue weighted by Gasteiger charge is -2.27. The van der Waals surface area contributed by atoms with E-state index in [4.69, 9.17) is 4.74 Å². The SMILES string of the molecule is O=c1[nH]c2cnc3ccc(Br)cc3c2n1C1CCO1. The third kappa shape index (κ3) is 1.56. The molecule has 2 aromatic heterocycles. The lowest BCUT2D eigenvalue weighted by molar-refractivity contribution is -0.0986. The maximum absolute atomic E-state index is 12.1. The fourth-order valence-corrected chi connectivity index (χ4v) is 2.84. The number of halogens is 1. The van der Waals surface area contributed by atoms with Gasteiger partial charge in [-0.3, -0.25) is 9.55 Å². The van der Waals surface area contributed by atoms with Crippen molar-refractivity contribution < 1.29 is 4.74 Å². The van der Waals surface area contributed by atoms with Crippen molar-refractivity contribution in [2.45, 2.75) is 12.6 Å². The van der Waals surface area contributed by atoms with E-state index >= 15 is 0 Å². The molecular formula is C13H10BrN3O2. The standard InChI is InChI=1S/C13H10BrN3O2/c14-7-1-2-9-8(5-7)12-10(6-15-9)16-13(18)17(12)11-3-4-19-11/h1-2,5-6,11H,3-4H2,(H,16,18). The van der Waals surface area contributed by atoms with Crippen LogP contribution in [0.15, 0.2) is 33.7 Å². The van der Waals surface area contributed by atoms with Gasteiger partial charge in [-0.25, -0.2) is 4.79 Å². The highest BCUT2D eigenvalue weighted by Crippen LogP contribution is 2.30. The Bertz CT molecular complexity index is 848. The number of benzene rings is 1. The van der Waals surface area contributed by atoms with Crippen molar-refractivity contribution in [2.24, 2.45) is 0 Å². The van der Waals surface area contributed by atoms with Crippen LogP contribution >= 0.6 is 15.9 Å². The molecule has 1 aromatic carbocycles. The number of aromatic amines is 1. The fraction of sp³-hybridized carbons (Fsp3) is 0.231. The molecule has 6 heteroatoms. The molecule has 1 N–H and O–H groups in total. The number of fused-ring (bicyclic) bond motifs is 3. The van der Waals surface area contributed by atoms with Gasteiger partial charge in [0.25, 0.3) is 0 Å². The Hall–Kier alpha value is -1.66. The fourth-order valence-electron chi connectivity index (χ4n) is 2.48. The maximum atomic E-state index is 12.1. The molecule has 3 heterocycles. The maximum Gasteiger partial charge on any atom is 0.328 e. The molecule has 1 unspecified atom stereocenters. The topological polar surface area (TPSA) is 59.9 Å². The molecule has 1 fully saturated rings. The Morgan fingerprint density at radius 1 is 1.47 bits per heavy atom. The minimum absolute atomic E-state index is 0.144. The van der Waals surface area contributed by atoms with Crippen molar-refractivity contribution in [1.29, 1.82) is 0 Å². The highest BCUT2D eigenvalue weighted by molar-refractivity contribution is 9.10. The second-order valence-corrected chi connectivity index (χ2v) is 5.51. The first-order chi connectivity index (χ1) is 9.24. The predicted molar refractivity (Wildman–Crippen MR) is 75.2 cm³/mol. The molecule has 0 radical (unpaired) electrons. The van der Waals surface area contributed by atoms with Gasteiger partial charge in [-0.1, -0.05) is 15.9 Å². The van der Waals surface area contributed by atoms with Crippen molar-refractivity contribution in [3.8, 4) is 0 Å². The van der Waals surface area contributed by atoms with E-state index in [2.05, 4.69) is 25.9 Å². The summed E-state index contributed by atoms with van der Waals surface area (Å²) in [5, 5.41) is 0.945. The van der Waals surface area contributed by atoms with Crippen LogP contribution in [0.4, 0.5) is 0 Å². The average Bonchev–Trinajstić information content (AvgIpc) is 2.65. The van der Waals surface area contributed by atoms with Crippen LogP contribution in [0.3, 0.4) is 0 Å². The quantitative estimate of drug-likeness (QED) is 0.750. The Kier molecular flexibility index (Phi) is 2.31. The summed E-state index contributed by atoms with van der Waals surface area (Å²) in [7, 11) is 0. The second kappa shape index (κ2) is 3.91. The van der Waals surface area contributed by atoms with Crippen LogP contribution in [0.5, 0.6) is 0 Å². The van der Waals surface area contributed by atoms with Gasteiger partial charge in [0.1, 0.15) is 6.23 Å². The van der Waals surface area contributed by atoms with E-state index in [1.807, 2.05) is 18.2 Å². The number of hydrogen-bond donors (Lipinski definition) is 1. The lowest BCUT2D eigenvalue weighted by Crippen LogP contribution is -2.31. The van der Waals surface area contributed by atoms with E-state index in [0.717, 1.165) is 32.8 Å². The Labute approximate surface area is 116 Å². The zero-order chi connectivity index (χ0) is 13.0. The first kappa shape index (κ1) is 11.2. The molecule has 0 spiro atoms. The molecular weight excluding hydrogens is 310 g/mol. The third-order valence-corrected chi connectivity index (χ3v) is 3.96. The zero-order valence-electron chi connectivity index (χ0n) is 9.89. The van der Waals surface area contributed by atoms with Gasteiger partial charge in [-0.15, -0.1) is 0 Å². The molecule has 19 heavy (non-hydrogen) atoms. The number of aromatic nitrogens is 3. The summed E-state index contributed by atoms with van der Waals surface area (Å²) in [5.74, 6) is 0. The first-order valence-corrected chi connectivity index (χ1v) is 6.83. The average molecular weight is 320 g/mol. The van der Waals surface area contributed by atoms with Gasteiger partial charge in [0, 0.05) is 16.3 Å².